The van der Waals surface area contributed by atoms with Crippen molar-refractivity contribution in [2.45, 2.75) is 134 Å². The van der Waals surface area contributed by atoms with Crippen molar-refractivity contribution < 1.29 is 0 Å². The van der Waals surface area contributed by atoms with Gasteiger partial charge in [-0.25, -0.2) is 0 Å². The molecule has 0 aliphatic carbocycles. The lowest BCUT2D eigenvalue weighted by atomic mass is 10.0. The van der Waals surface area contributed by atoms with Gasteiger partial charge < -0.3 is 9.88 Å². The SMILES string of the molecule is CCCCCCCCCCCCCCCCCc1nnc(C(S)CS)n1C1CCCNC1. The standard InChI is InChI=1S/C26H50N4S2/c1-2-3-4-5-6-7-8-9-10-11-12-13-14-15-16-19-25-28-29-26(24(32)22-31)30(25)23-18-17-20-27-21-23/h23-24,27,31-32H,2-22H2,1H3. The first-order valence-corrected chi connectivity index (χ1v) is 14.9. The van der Waals surface area contributed by atoms with Crippen LogP contribution in [-0.2, 0) is 6.42 Å². The molecule has 1 aromatic rings. The van der Waals surface area contributed by atoms with Gasteiger partial charge in [-0.05, 0) is 25.8 Å². The fourth-order valence-corrected chi connectivity index (χ4v) is 5.26. The van der Waals surface area contributed by atoms with Gasteiger partial charge in [0, 0.05) is 24.8 Å². The molecule has 0 saturated carbocycles. The summed E-state index contributed by atoms with van der Waals surface area (Å²) in [6.07, 6.45) is 24.5. The highest BCUT2D eigenvalue weighted by molar-refractivity contribution is 7.84. The number of aryl methyl sites for hydroxylation is 1. The topological polar surface area (TPSA) is 42.7 Å². The average Bonchev–Trinajstić information content (AvgIpc) is 3.25. The van der Waals surface area contributed by atoms with Crippen molar-refractivity contribution in [3.63, 3.8) is 0 Å². The van der Waals surface area contributed by atoms with Crippen molar-refractivity contribution in [3.05, 3.63) is 11.6 Å². The molecule has 1 aromatic heterocycles. The first-order valence-electron chi connectivity index (χ1n) is 13.7. The van der Waals surface area contributed by atoms with Crippen LogP contribution in [0.1, 0.15) is 139 Å². The summed E-state index contributed by atoms with van der Waals surface area (Å²) in [6.45, 7) is 4.44. The zero-order valence-electron chi connectivity index (χ0n) is 20.7. The number of thiol groups is 2. The summed E-state index contributed by atoms with van der Waals surface area (Å²) in [7, 11) is 0. The van der Waals surface area contributed by atoms with Gasteiger partial charge in [-0.1, -0.05) is 96.8 Å². The van der Waals surface area contributed by atoms with E-state index in [1.165, 1.54) is 109 Å². The van der Waals surface area contributed by atoms with Gasteiger partial charge in [0.2, 0.25) is 0 Å². The molecule has 1 N–H and O–H groups in total. The van der Waals surface area contributed by atoms with Gasteiger partial charge in [-0.15, -0.1) is 10.2 Å². The fraction of sp³-hybridized carbons (Fsp3) is 0.923. The highest BCUT2D eigenvalue weighted by atomic mass is 32.1. The van der Waals surface area contributed by atoms with E-state index in [4.69, 9.17) is 12.6 Å². The van der Waals surface area contributed by atoms with Crippen molar-refractivity contribution in [1.29, 1.82) is 0 Å². The second-order valence-electron chi connectivity index (χ2n) is 9.74. The van der Waals surface area contributed by atoms with Gasteiger partial charge in [0.25, 0.3) is 0 Å². The van der Waals surface area contributed by atoms with Crippen LogP contribution in [-0.4, -0.2) is 33.6 Å². The van der Waals surface area contributed by atoms with Crippen molar-refractivity contribution in [1.82, 2.24) is 20.1 Å². The van der Waals surface area contributed by atoms with E-state index < -0.39 is 0 Å². The molecule has 1 fully saturated rings. The molecule has 0 radical (unpaired) electrons. The number of aromatic nitrogens is 3. The van der Waals surface area contributed by atoms with Crippen molar-refractivity contribution in [3.8, 4) is 0 Å². The van der Waals surface area contributed by atoms with E-state index in [9.17, 15) is 0 Å². The second kappa shape index (κ2) is 18.2. The van der Waals surface area contributed by atoms with Crippen LogP contribution in [0.5, 0.6) is 0 Å². The molecule has 0 spiro atoms. The van der Waals surface area contributed by atoms with Crippen molar-refractivity contribution in [2.75, 3.05) is 18.8 Å². The highest BCUT2D eigenvalue weighted by Crippen LogP contribution is 2.27. The lowest BCUT2D eigenvalue weighted by Crippen LogP contribution is -2.33. The van der Waals surface area contributed by atoms with Gasteiger partial charge in [0.1, 0.15) is 11.6 Å². The summed E-state index contributed by atoms with van der Waals surface area (Å²) in [5, 5.41) is 12.7. The predicted octanol–water partition coefficient (Wildman–Crippen LogP) is 7.52. The van der Waals surface area contributed by atoms with E-state index in [2.05, 4.69) is 39.6 Å². The third kappa shape index (κ3) is 10.8. The minimum atomic E-state index is 0.0579. The number of piperidine rings is 1. The Morgan fingerprint density at radius 3 is 1.94 bits per heavy atom. The van der Waals surface area contributed by atoms with Gasteiger partial charge in [-0.3, -0.25) is 0 Å². The van der Waals surface area contributed by atoms with Crippen LogP contribution in [0.3, 0.4) is 0 Å². The summed E-state index contributed by atoms with van der Waals surface area (Å²) in [6, 6.07) is 0.467. The monoisotopic (exact) mass is 482 g/mol. The van der Waals surface area contributed by atoms with E-state index >= 15 is 0 Å². The maximum absolute atomic E-state index is 4.70. The number of hydrogen-bond acceptors (Lipinski definition) is 5. The van der Waals surface area contributed by atoms with Crippen LogP contribution in [0.4, 0.5) is 0 Å². The fourth-order valence-electron chi connectivity index (χ4n) is 4.92. The zero-order chi connectivity index (χ0) is 22.9. The maximum atomic E-state index is 4.70. The molecular weight excluding hydrogens is 432 g/mol. The lowest BCUT2D eigenvalue weighted by molar-refractivity contribution is 0.354. The number of nitrogens with zero attached hydrogens (tertiary/aromatic N) is 3. The van der Waals surface area contributed by atoms with E-state index in [-0.39, 0.29) is 5.25 Å². The zero-order valence-corrected chi connectivity index (χ0v) is 22.5. The molecule has 32 heavy (non-hydrogen) atoms. The summed E-state index contributed by atoms with van der Waals surface area (Å²) in [4.78, 5) is 0. The molecule has 0 bridgehead atoms. The number of nitrogens with one attached hydrogen (secondary N) is 1. The molecule has 4 nitrogen and oxygen atoms in total. The quantitative estimate of drug-likeness (QED) is 0.141. The van der Waals surface area contributed by atoms with Crippen LogP contribution < -0.4 is 5.32 Å². The first-order chi connectivity index (χ1) is 15.8. The lowest BCUT2D eigenvalue weighted by Gasteiger charge is -2.27. The first kappa shape index (κ1) is 28.0. The normalized spacial score (nSPS) is 17.7. The molecule has 0 amide bonds. The van der Waals surface area contributed by atoms with E-state index in [0.29, 0.717) is 11.8 Å². The van der Waals surface area contributed by atoms with Crippen LogP contribution >= 0.6 is 25.3 Å². The van der Waals surface area contributed by atoms with E-state index in [1.807, 2.05) is 0 Å². The van der Waals surface area contributed by atoms with Gasteiger partial charge >= 0.3 is 0 Å². The minimum absolute atomic E-state index is 0.0579. The summed E-state index contributed by atoms with van der Waals surface area (Å²) >= 11 is 9.14. The summed E-state index contributed by atoms with van der Waals surface area (Å²) in [5.74, 6) is 2.86. The Bertz CT molecular complexity index is 572. The Morgan fingerprint density at radius 1 is 0.875 bits per heavy atom. The largest absolute Gasteiger partial charge is 0.315 e. The Morgan fingerprint density at radius 2 is 1.44 bits per heavy atom. The van der Waals surface area contributed by atoms with Gasteiger partial charge in [0.05, 0.1) is 5.25 Å². The molecule has 1 aliphatic rings. The molecule has 6 heteroatoms. The molecule has 2 rings (SSSR count). The van der Waals surface area contributed by atoms with Crippen LogP contribution in [0, 0.1) is 0 Å². The smallest absolute Gasteiger partial charge is 0.147 e. The molecule has 2 heterocycles. The maximum Gasteiger partial charge on any atom is 0.147 e. The Hall–Kier alpha value is -0.200. The summed E-state index contributed by atoms with van der Waals surface area (Å²) in [5.41, 5.74) is 0. The van der Waals surface area contributed by atoms with E-state index in [1.54, 1.807) is 0 Å². The van der Waals surface area contributed by atoms with E-state index in [0.717, 1.165) is 31.2 Å². The van der Waals surface area contributed by atoms with Gasteiger partial charge in [0.15, 0.2) is 0 Å². The molecule has 0 aromatic carbocycles. The average molecular weight is 483 g/mol. The molecule has 186 valence electrons. The number of hydrogen-bond donors (Lipinski definition) is 3. The third-order valence-electron chi connectivity index (χ3n) is 6.90. The van der Waals surface area contributed by atoms with Crippen molar-refractivity contribution >= 4 is 25.3 Å². The number of rotatable bonds is 19. The molecule has 2 unspecified atom stereocenters. The van der Waals surface area contributed by atoms with Crippen LogP contribution in [0.25, 0.3) is 0 Å². The molecule has 2 atom stereocenters. The Labute approximate surface area is 209 Å². The Balaban J connectivity index is 1.54. The summed E-state index contributed by atoms with van der Waals surface area (Å²) < 4.78 is 2.39. The second-order valence-corrected chi connectivity index (χ2v) is 10.7. The van der Waals surface area contributed by atoms with Gasteiger partial charge in [-0.2, -0.15) is 25.3 Å². The molecule has 1 aliphatic heterocycles. The van der Waals surface area contributed by atoms with Crippen molar-refractivity contribution in [2.24, 2.45) is 0 Å². The van der Waals surface area contributed by atoms with Crippen LogP contribution in [0.15, 0.2) is 0 Å². The number of unbranched alkanes of at least 4 members (excludes halogenated alkanes) is 14. The Kier molecular flexibility index (Phi) is 15.9. The molecular formula is C26H50N4S2. The third-order valence-corrected chi connectivity index (χ3v) is 7.97. The minimum Gasteiger partial charge on any atom is -0.315 e. The highest BCUT2D eigenvalue weighted by Gasteiger charge is 2.24. The molecule has 1 saturated heterocycles. The predicted molar refractivity (Wildman–Crippen MR) is 145 cm³/mol. The van der Waals surface area contributed by atoms with Crippen LogP contribution in [0.2, 0.25) is 0 Å².